The van der Waals surface area contributed by atoms with E-state index in [1.54, 1.807) is 22.7 Å². The maximum Gasteiger partial charge on any atom is 0.248 e. The number of carbonyl (C=O) groups excluding carboxylic acids is 1. The molecule has 0 aliphatic heterocycles. The van der Waals surface area contributed by atoms with Crippen molar-refractivity contribution >= 4 is 17.2 Å². The van der Waals surface area contributed by atoms with Crippen LogP contribution in [0.1, 0.15) is 27.3 Å². The van der Waals surface area contributed by atoms with Crippen LogP contribution in [-0.2, 0) is 13.0 Å². The molecule has 0 aliphatic carbocycles. The van der Waals surface area contributed by atoms with Gasteiger partial charge in [0.15, 0.2) is 5.82 Å². The molecule has 1 amide bonds. The molecule has 0 saturated carbocycles. The van der Waals surface area contributed by atoms with Crippen molar-refractivity contribution in [1.29, 1.82) is 0 Å². The summed E-state index contributed by atoms with van der Waals surface area (Å²) >= 11 is 0. The molecule has 2 aromatic heterocycles. The number of anilines is 1. The second-order valence-electron chi connectivity index (χ2n) is 7.83. The Kier molecular flexibility index (Phi) is 5.61. The van der Waals surface area contributed by atoms with E-state index in [0.717, 1.165) is 16.7 Å². The highest BCUT2D eigenvalue weighted by atomic mass is 16.5. The smallest absolute Gasteiger partial charge is 0.248 e. The summed E-state index contributed by atoms with van der Waals surface area (Å²) in [5.41, 5.74) is 16.2. The van der Waals surface area contributed by atoms with E-state index in [-0.39, 0.29) is 0 Å². The molecule has 0 aliphatic rings. The quantitative estimate of drug-likeness (QED) is 0.390. The number of nitrogens with zero attached hydrogens (tertiary/aromatic N) is 4. The zero-order valence-electron chi connectivity index (χ0n) is 18.3. The molecule has 0 radical (unpaired) electrons. The third-order valence-corrected chi connectivity index (χ3v) is 5.46. The Morgan fingerprint density at radius 3 is 2.56 bits per heavy atom. The van der Waals surface area contributed by atoms with Gasteiger partial charge in [0.1, 0.15) is 35.7 Å². The van der Waals surface area contributed by atoms with Gasteiger partial charge in [-0.25, -0.2) is 14.5 Å². The number of amides is 1. The van der Waals surface area contributed by atoms with Crippen LogP contribution in [-0.4, -0.2) is 25.5 Å². The van der Waals surface area contributed by atoms with Crippen molar-refractivity contribution in [2.75, 3.05) is 5.73 Å². The summed E-state index contributed by atoms with van der Waals surface area (Å²) in [4.78, 5) is 20.6. The Morgan fingerprint density at radius 1 is 0.941 bits per heavy atom. The van der Waals surface area contributed by atoms with Gasteiger partial charge in [-0.1, -0.05) is 54.6 Å². The molecular formula is C26H22N6O2. The predicted molar refractivity (Wildman–Crippen MR) is 129 cm³/mol. The fraction of sp³-hybridized carbons (Fsp3) is 0.0769. The van der Waals surface area contributed by atoms with Crippen LogP contribution in [0.15, 0.2) is 85.2 Å². The van der Waals surface area contributed by atoms with Crippen LogP contribution in [0.5, 0.6) is 5.75 Å². The van der Waals surface area contributed by atoms with E-state index in [1.807, 2.05) is 60.7 Å². The summed E-state index contributed by atoms with van der Waals surface area (Å²) in [7, 11) is 0. The maximum absolute atomic E-state index is 11.6. The Hall–Kier alpha value is -4.72. The fourth-order valence-electron chi connectivity index (χ4n) is 3.82. The molecule has 0 spiro atoms. The van der Waals surface area contributed by atoms with Crippen LogP contribution in [0, 0.1) is 0 Å². The van der Waals surface area contributed by atoms with Crippen molar-refractivity contribution in [1.82, 2.24) is 19.6 Å². The van der Waals surface area contributed by atoms with Gasteiger partial charge < -0.3 is 16.2 Å². The third-order valence-electron chi connectivity index (χ3n) is 5.46. The highest BCUT2D eigenvalue weighted by Crippen LogP contribution is 2.30. The molecular weight excluding hydrogens is 428 g/mol. The molecule has 0 unspecified atom stereocenters. The van der Waals surface area contributed by atoms with Crippen molar-refractivity contribution < 1.29 is 9.53 Å². The molecule has 4 N–H and O–H groups in total. The number of nitrogen functional groups attached to an aromatic ring is 1. The van der Waals surface area contributed by atoms with Gasteiger partial charge in [-0.2, -0.15) is 5.10 Å². The predicted octanol–water partition coefficient (Wildman–Crippen LogP) is 3.64. The summed E-state index contributed by atoms with van der Waals surface area (Å²) < 4.78 is 7.68. The molecule has 5 rings (SSSR count). The molecule has 0 fully saturated rings. The molecule has 5 aromatic rings. The second-order valence-corrected chi connectivity index (χ2v) is 7.83. The van der Waals surface area contributed by atoms with Gasteiger partial charge in [0.05, 0.1) is 0 Å². The first-order valence-electron chi connectivity index (χ1n) is 10.7. The zero-order chi connectivity index (χ0) is 23.5. The number of carbonyl (C=O) groups is 1. The van der Waals surface area contributed by atoms with Gasteiger partial charge in [0, 0.05) is 17.5 Å². The first-order valence-corrected chi connectivity index (χ1v) is 10.7. The van der Waals surface area contributed by atoms with Crippen molar-refractivity contribution in [3.63, 3.8) is 0 Å². The molecule has 0 atom stereocenters. The summed E-state index contributed by atoms with van der Waals surface area (Å²) in [6.07, 6.45) is 1.83. The van der Waals surface area contributed by atoms with Crippen LogP contribution in [0.3, 0.4) is 0 Å². The van der Waals surface area contributed by atoms with Crippen LogP contribution < -0.4 is 16.2 Å². The lowest BCUT2D eigenvalue weighted by atomic mass is 10.1. The second kappa shape index (κ2) is 9.03. The molecule has 34 heavy (non-hydrogen) atoms. The van der Waals surface area contributed by atoms with Crippen LogP contribution in [0.4, 0.5) is 5.82 Å². The van der Waals surface area contributed by atoms with Gasteiger partial charge in [-0.3, -0.25) is 4.79 Å². The van der Waals surface area contributed by atoms with E-state index < -0.39 is 5.91 Å². The fourth-order valence-corrected chi connectivity index (χ4v) is 3.82. The van der Waals surface area contributed by atoms with E-state index in [0.29, 0.717) is 47.2 Å². The minimum atomic E-state index is -0.477. The summed E-state index contributed by atoms with van der Waals surface area (Å²) in [5, 5.41) is 4.38. The zero-order valence-corrected chi connectivity index (χ0v) is 18.3. The summed E-state index contributed by atoms with van der Waals surface area (Å²) in [5.74, 6) is 1.23. The van der Waals surface area contributed by atoms with Gasteiger partial charge in [-0.05, 0) is 35.4 Å². The number of nitrogens with two attached hydrogens (primary N) is 2. The normalized spacial score (nSPS) is 10.9. The maximum atomic E-state index is 11.6. The summed E-state index contributed by atoms with van der Waals surface area (Å²) in [6.45, 7) is 0.459. The number of primary amides is 1. The lowest BCUT2D eigenvalue weighted by Gasteiger charge is -2.08. The molecule has 2 heterocycles. The van der Waals surface area contributed by atoms with Gasteiger partial charge in [0.25, 0.3) is 0 Å². The highest BCUT2D eigenvalue weighted by Gasteiger charge is 2.18. The molecule has 3 aromatic carbocycles. The standard InChI is InChI=1S/C26H22N6O2/c27-25-24-23(19-9-5-11-21(14-19)34-15-17-6-2-1-3-7-17)31-22(32(24)30-16-29-25)13-18-8-4-10-20(12-18)26(28)33/h1-12,14,16H,13,15H2,(H2,28,33)(H2,27,29,30). The number of hydrogen-bond donors (Lipinski definition) is 2. The first kappa shape index (κ1) is 21.1. The van der Waals surface area contributed by atoms with E-state index in [9.17, 15) is 4.79 Å². The lowest BCUT2D eigenvalue weighted by Crippen LogP contribution is -2.11. The first-order chi connectivity index (χ1) is 16.6. The number of imidazole rings is 1. The average Bonchev–Trinajstić information content (AvgIpc) is 3.23. The monoisotopic (exact) mass is 450 g/mol. The lowest BCUT2D eigenvalue weighted by molar-refractivity contribution is 0.1000. The molecule has 168 valence electrons. The number of ether oxygens (including phenoxy) is 1. The minimum absolute atomic E-state index is 0.324. The Morgan fingerprint density at radius 2 is 1.74 bits per heavy atom. The van der Waals surface area contributed by atoms with E-state index >= 15 is 0 Å². The molecule has 8 nitrogen and oxygen atoms in total. The largest absolute Gasteiger partial charge is 0.489 e. The third kappa shape index (κ3) is 4.29. The summed E-state index contributed by atoms with van der Waals surface area (Å²) in [6, 6.07) is 24.8. The van der Waals surface area contributed by atoms with Crippen LogP contribution in [0.2, 0.25) is 0 Å². The Bertz CT molecular complexity index is 1480. The average molecular weight is 451 g/mol. The number of benzene rings is 3. The van der Waals surface area contributed by atoms with Gasteiger partial charge in [-0.15, -0.1) is 0 Å². The van der Waals surface area contributed by atoms with E-state index in [4.69, 9.17) is 21.2 Å². The van der Waals surface area contributed by atoms with Crippen molar-refractivity contribution in [2.45, 2.75) is 13.0 Å². The van der Waals surface area contributed by atoms with Crippen LogP contribution >= 0.6 is 0 Å². The molecule has 0 saturated heterocycles. The highest BCUT2D eigenvalue weighted by molar-refractivity contribution is 5.93. The number of aromatic nitrogens is 4. The Labute approximate surface area is 195 Å². The van der Waals surface area contributed by atoms with Crippen molar-refractivity contribution in [3.8, 4) is 17.0 Å². The molecule has 0 bridgehead atoms. The topological polar surface area (TPSA) is 121 Å². The van der Waals surface area contributed by atoms with E-state index in [2.05, 4.69) is 10.1 Å². The van der Waals surface area contributed by atoms with Crippen molar-refractivity contribution in [2.24, 2.45) is 5.73 Å². The molecule has 8 heteroatoms. The number of hydrogen-bond acceptors (Lipinski definition) is 6. The Balaban J connectivity index is 1.51. The van der Waals surface area contributed by atoms with Crippen LogP contribution in [0.25, 0.3) is 16.8 Å². The van der Waals surface area contributed by atoms with Gasteiger partial charge >= 0.3 is 0 Å². The van der Waals surface area contributed by atoms with Gasteiger partial charge in [0.2, 0.25) is 5.91 Å². The van der Waals surface area contributed by atoms with Crippen molar-refractivity contribution in [3.05, 3.63) is 108 Å². The number of rotatable bonds is 7. The minimum Gasteiger partial charge on any atom is -0.489 e. The van der Waals surface area contributed by atoms with E-state index in [1.165, 1.54) is 6.33 Å². The number of fused-ring (bicyclic) bond motifs is 1. The SMILES string of the molecule is NC(=O)c1cccc(Cc2nc(-c3cccc(OCc4ccccc4)c3)c3c(N)ncnn23)c1.